The van der Waals surface area contributed by atoms with Gasteiger partial charge in [0.2, 0.25) is 5.82 Å². The molecule has 21 heavy (non-hydrogen) atoms. The Balaban J connectivity index is 2.80. The van der Waals surface area contributed by atoms with Crippen LogP contribution in [0.4, 0.5) is 10.1 Å². The molecule has 0 atom stereocenters. The molecule has 1 rings (SSSR count). The van der Waals surface area contributed by atoms with E-state index in [-0.39, 0.29) is 0 Å². The molecule has 5 nitrogen and oxygen atoms in total. The standard InChI is InChI=1S/C15H22FNO4/c1-3-5-9-20-15(21-10-6-4-2)12-7-8-14(17(18)19)13(16)11-12/h7-8,11,15H,3-6,9-10H2,1-2H3. The Labute approximate surface area is 124 Å². The molecule has 0 unspecified atom stereocenters. The van der Waals surface area contributed by atoms with Gasteiger partial charge < -0.3 is 9.47 Å². The third-order valence-corrected chi connectivity index (χ3v) is 2.97. The first-order valence-corrected chi connectivity index (χ1v) is 7.27. The summed E-state index contributed by atoms with van der Waals surface area (Å²) in [6.07, 6.45) is 3.04. The Kier molecular flexibility index (Phi) is 7.85. The van der Waals surface area contributed by atoms with Gasteiger partial charge in [-0.25, -0.2) is 0 Å². The summed E-state index contributed by atoms with van der Waals surface area (Å²) in [6, 6.07) is 3.73. The molecule has 1 aromatic rings. The fourth-order valence-electron chi connectivity index (χ4n) is 1.73. The van der Waals surface area contributed by atoms with E-state index in [9.17, 15) is 14.5 Å². The van der Waals surface area contributed by atoms with E-state index in [1.165, 1.54) is 6.07 Å². The Morgan fingerprint density at radius 3 is 2.19 bits per heavy atom. The first-order valence-electron chi connectivity index (χ1n) is 7.27. The highest BCUT2D eigenvalue weighted by atomic mass is 19.1. The smallest absolute Gasteiger partial charge is 0.304 e. The molecule has 0 saturated heterocycles. The van der Waals surface area contributed by atoms with E-state index in [0.717, 1.165) is 37.8 Å². The number of nitrogens with zero attached hydrogens (tertiary/aromatic N) is 1. The maximum Gasteiger partial charge on any atom is 0.304 e. The molecule has 0 N–H and O–H groups in total. The normalized spacial score (nSPS) is 11.0. The monoisotopic (exact) mass is 299 g/mol. The van der Waals surface area contributed by atoms with E-state index in [4.69, 9.17) is 9.47 Å². The van der Waals surface area contributed by atoms with Crippen molar-refractivity contribution < 1.29 is 18.8 Å². The zero-order chi connectivity index (χ0) is 15.7. The lowest BCUT2D eigenvalue weighted by Gasteiger charge is -2.19. The number of hydrogen-bond donors (Lipinski definition) is 0. The maximum absolute atomic E-state index is 13.7. The molecule has 0 fully saturated rings. The van der Waals surface area contributed by atoms with Crippen molar-refractivity contribution in [3.8, 4) is 0 Å². The highest BCUT2D eigenvalue weighted by molar-refractivity contribution is 5.35. The van der Waals surface area contributed by atoms with Gasteiger partial charge in [-0.15, -0.1) is 0 Å². The molecule has 0 aromatic heterocycles. The first-order chi connectivity index (χ1) is 10.1. The molecule has 0 saturated carbocycles. The Hall–Kier alpha value is -1.53. The van der Waals surface area contributed by atoms with Crippen LogP contribution in [0, 0.1) is 15.9 Å². The summed E-state index contributed by atoms with van der Waals surface area (Å²) in [5.41, 5.74) is -0.0788. The van der Waals surface area contributed by atoms with Crippen LogP contribution in [0.5, 0.6) is 0 Å². The molecular weight excluding hydrogens is 277 g/mol. The molecule has 0 spiro atoms. The SMILES string of the molecule is CCCCOC(OCCCC)c1ccc([N+](=O)[O-])c(F)c1. The molecule has 0 heterocycles. The van der Waals surface area contributed by atoms with Crippen molar-refractivity contribution in [3.05, 3.63) is 39.7 Å². The van der Waals surface area contributed by atoms with Gasteiger partial charge in [0.1, 0.15) is 0 Å². The highest BCUT2D eigenvalue weighted by Crippen LogP contribution is 2.25. The Bertz CT molecular complexity index is 443. The minimum Gasteiger partial charge on any atom is -0.348 e. The molecule has 0 aliphatic heterocycles. The third-order valence-electron chi connectivity index (χ3n) is 2.97. The van der Waals surface area contributed by atoms with Crippen molar-refractivity contribution >= 4 is 5.69 Å². The second-order valence-corrected chi connectivity index (χ2v) is 4.75. The van der Waals surface area contributed by atoms with Crippen molar-refractivity contribution in [1.29, 1.82) is 0 Å². The van der Waals surface area contributed by atoms with Crippen LogP contribution < -0.4 is 0 Å². The molecule has 118 valence electrons. The number of unbranched alkanes of at least 4 members (excludes halogenated alkanes) is 2. The second kappa shape index (κ2) is 9.41. The number of nitro benzene ring substituents is 1. The van der Waals surface area contributed by atoms with Crippen LogP contribution in [0.25, 0.3) is 0 Å². The fourth-order valence-corrected chi connectivity index (χ4v) is 1.73. The first kappa shape index (κ1) is 17.5. The average Bonchev–Trinajstić information content (AvgIpc) is 2.45. The number of halogens is 1. The van der Waals surface area contributed by atoms with Crippen LogP contribution in [0.2, 0.25) is 0 Å². The number of benzene rings is 1. The lowest BCUT2D eigenvalue weighted by Crippen LogP contribution is -2.11. The van der Waals surface area contributed by atoms with E-state index < -0.39 is 22.7 Å². The molecule has 0 amide bonds. The Morgan fingerprint density at radius 1 is 1.19 bits per heavy atom. The molecule has 1 aromatic carbocycles. The Morgan fingerprint density at radius 2 is 1.76 bits per heavy atom. The average molecular weight is 299 g/mol. The number of ether oxygens (including phenoxy) is 2. The molecule has 0 bridgehead atoms. The van der Waals surface area contributed by atoms with Crippen molar-refractivity contribution in [2.24, 2.45) is 0 Å². The van der Waals surface area contributed by atoms with Crippen LogP contribution in [0.15, 0.2) is 18.2 Å². The zero-order valence-electron chi connectivity index (χ0n) is 12.5. The number of rotatable bonds is 10. The van der Waals surface area contributed by atoms with E-state index in [1.807, 2.05) is 13.8 Å². The van der Waals surface area contributed by atoms with Gasteiger partial charge in [-0.1, -0.05) is 26.7 Å². The summed E-state index contributed by atoms with van der Waals surface area (Å²) in [7, 11) is 0. The van der Waals surface area contributed by atoms with Crippen molar-refractivity contribution in [1.82, 2.24) is 0 Å². The van der Waals surface area contributed by atoms with Crippen LogP contribution in [-0.4, -0.2) is 18.1 Å². The van der Waals surface area contributed by atoms with Crippen LogP contribution >= 0.6 is 0 Å². The highest BCUT2D eigenvalue weighted by Gasteiger charge is 2.19. The summed E-state index contributed by atoms with van der Waals surface area (Å²) < 4.78 is 24.9. The summed E-state index contributed by atoms with van der Waals surface area (Å²) >= 11 is 0. The van der Waals surface area contributed by atoms with Gasteiger partial charge in [-0.3, -0.25) is 10.1 Å². The van der Waals surface area contributed by atoms with Crippen molar-refractivity contribution in [2.75, 3.05) is 13.2 Å². The van der Waals surface area contributed by atoms with E-state index in [0.29, 0.717) is 18.8 Å². The second-order valence-electron chi connectivity index (χ2n) is 4.75. The molecular formula is C15H22FNO4. The maximum atomic E-state index is 13.7. The largest absolute Gasteiger partial charge is 0.348 e. The lowest BCUT2D eigenvalue weighted by atomic mass is 10.2. The van der Waals surface area contributed by atoms with E-state index in [2.05, 4.69) is 0 Å². The zero-order valence-corrected chi connectivity index (χ0v) is 12.5. The molecule has 0 aliphatic carbocycles. The lowest BCUT2D eigenvalue weighted by molar-refractivity contribution is -0.387. The number of nitro groups is 1. The predicted octanol–water partition coefficient (Wildman–Crippen LogP) is 4.37. The van der Waals surface area contributed by atoms with E-state index >= 15 is 0 Å². The molecule has 0 radical (unpaired) electrons. The van der Waals surface area contributed by atoms with Gasteiger partial charge in [0, 0.05) is 11.6 Å². The topological polar surface area (TPSA) is 61.6 Å². The van der Waals surface area contributed by atoms with Gasteiger partial charge in [-0.2, -0.15) is 4.39 Å². The summed E-state index contributed by atoms with van der Waals surface area (Å²) in [6.45, 7) is 5.10. The van der Waals surface area contributed by atoms with Gasteiger partial charge in [0.25, 0.3) is 0 Å². The number of hydrogen-bond acceptors (Lipinski definition) is 4. The predicted molar refractivity (Wildman–Crippen MR) is 77.5 cm³/mol. The quantitative estimate of drug-likeness (QED) is 0.278. The van der Waals surface area contributed by atoms with Gasteiger partial charge in [0.15, 0.2) is 6.29 Å². The van der Waals surface area contributed by atoms with Gasteiger partial charge >= 0.3 is 5.69 Å². The van der Waals surface area contributed by atoms with Crippen LogP contribution in [-0.2, 0) is 9.47 Å². The third kappa shape index (κ3) is 5.77. The van der Waals surface area contributed by atoms with Crippen molar-refractivity contribution in [2.45, 2.75) is 45.8 Å². The fraction of sp³-hybridized carbons (Fsp3) is 0.600. The van der Waals surface area contributed by atoms with E-state index in [1.54, 1.807) is 0 Å². The van der Waals surface area contributed by atoms with Crippen LogP contribution in [0.1, 0.15) is 51.4 Å². The summed E-state index contributed by atoms with van der Waals surface area (Å²) in [5, 5.41) is 10.6. The van der Waals surface area contributed by atoms with Gasteiger partial charge in [0.05, 0.1) is 18.1 Å². The minimum absolute atomic E-state index is 0.463. The van der Waals surface area contributed by atoms with Gasteiger partial charge in [-0.05, 0) is 25.0 Å². The minimum atomic E-state index is -0.874. The van der Waals surface area contributed by atoms with Crippen molar-refractivity contribution in [3.63, 3.8) is 0 Å². The van der Waals surface area contributed by atoms with Crippen LogP contribution in [0.3, 0.4) is 0 Å². The molecule has 6 heteroatoms. The molecule has 0 aliphatic rings. The summed E-state index contributed by atoms with van der Waals surface area (Å²) in [4.78, 5) is 9.88. The summed E-state index contributed by atoms with van der Waals surface area (Å²) in [5.74, 6) is -0.874.